The molecule has 1 rings (SSSR count). The molecule has 0 saturated heterocycles. The molecule has 1 saturated carbocycles. The summed E-state index contributed by atoms with van der Waals surface area (Å²) in [6.45, 7) is 2.21. The minimum absolute atomic E-state index is 0.160. The summed E-state index contributed by atoms with van der Waals surface area (Å²) in [4.78, 5) is 16.5. The number of carbonyl (C=O) groups excluding carboxylic acids is 1. The first-order valence-electron chi connectivity index (χ1n) is 8.08. The lowest BCUT2D eigenvalue weighted by molar-refractivity contribution is -0.143. The molecule has 3 heteroatoms. The standard InChI is InChI=1S/C16H29NO2/c1-2-3-4-5-6-11-14-16(18)19-17-15-12-9-7-8-10-13-15/h2-14H2,1H3. The molecule has 110 valence electrons. The molecule has 0 amide bonds. The Morgan fingerprint density at radius 2 is 1.63 bits per heavy atom. The molecule has 0 atom stereocenters. The number of hydrogen-bond acceptors (Lipinski definition) is 3. The lowest BCUT2D eigenvalue weighted by atomic mass is 10.1. The molecule has 3 nitrogen and oxygen atoms in total. The Hall–Kier alpha value is -0.860. The second-order valence-electron chi connectivity index (χ2n) is 5.55. The van der Waals surface area contributed by atoms with Gasteiger partial charge in [0, 0.05) is 6.42 Å². The first-order valence-corrected chi connectivity index (χ1v) is 8.08. The number of unbranched alkanes of at least 4 members (excludes halogenated alkanes) is 5. The predicted octanol–water partition coefficient (Wildman–Crippen LogP) is 4.99. The van der Waals surface area contributed by atoms with Crippen molar-refractivity contribution >= 4 is 11.7 Å². The quantitative estimate of drug-likeness (QED) is 0.269. The molecule has 0 bridgehead atoms. The Kier molecular flexibility index (Phi) is 9.38. The van der Waals surface area contributed by atoms with Gasteiger partial charge >= 0.3 is 5.97 Å². The van der Waals surface area contributed by atoms with Crippen LogP contribution in [-0.2, 0) is 9.63 Å². The van der Waals surface area contributed by atoms with E-state index in [0.717, 1.165) is 31.4 Å². The third-order valence-electron chi connectivity index (χ3n) is 3.69. The molecule has 19 heavy (non-hydrogen) atoms. The lowest BCUT2D eigenvalue weighted by Crippen LogP contribution is -2.03. The highest BCUT2D eigenvalue weighted by atomic mass is 16.7. The van der Waals surface area contributed by atoms with Crippen molar-refractivity contribution in [3.05, 3.63) is 0 Å². The maximum Gasteiger partial charge on any atom is 0.335 e. The van der Waals surface area contributed by atoms with E-state index in [1.807, 2.05) is 0 Å². The number of carbonyl (C=O) groups is 1. The summed E-state index contributed by atoms with van der Waals surface area (Å²) in [5.41, 5.74) is 1.08. The Morgan fingerprint density at radius 1 is 1.00 bits per heavy atom. The van der Waals surface area contributed by atoms with E-state index in [1.54, 1.807) is 0 Å². The van der Waals surface area contributed by atoms with E-state index in [-0.39, 0.29) is 5.97 Å². The summed E-state index contributed by atoms with van der Waals surface area (Å²) in [6.07, 6.45) is 14.6. The van der Waals surface area contributed by atoms with Gasteiger partial charge in [-0.15, -0.1) is 0 Å². The van der Waals surface area contributed by atoms with Gasteiger partial charge in [0.1, 0.15) is 0 Å². The minimum Gasteiger partial charge on any atom is -0.318 e. The van der Waals surface area contributed by atoms with Gasteiger partial charge in [-0.3, -0.25) is 0 Å². The van der Waals surface area contributed by atoms with E-state index in [4.69, 9.17) is 4.84 Å². The molecule has 0 N–H and O–H groups in total. The average molecular weight is 267 g/mol. The average Bonchev–Trinajstić information content (AvgIpc) is 2.69. The number of rotatable bonds is 8. The van der Waals surface area contributed by atoms with Gasteiger partial charge < -0.3 is 4.84 Å². The molecule has 0 heterocycles. The minimum atomic E-state index is -0.160. The van der Waals surface area contributed by atoms with Gasteiger partial charge in [-0.1, -0.05) is 57.0 Å². The number of nitrogens with zero attached hydrogens (tertiary/aromatic N) is 1. The molecule has 0 radical (unpaired) electrons. The summed E-state index contributed by atoms with van der Waals surface area (Å²) in [5, 5.41) is 4.04. The van der Waals surface area contributed by atoms with E-state index < -0.39 is 0 Å². The van der Waals surface area contributed by atoms with Crippen molar-refractivity contribution < 1.29 is 9.63 Å². The van der Waals surface area contributed by atoms with Gasteiger partial charge in [-0.05, 0) is 32.1 Å². The van der Waals surface area contributed by atoms with Gasteiger partial charge in [0.15, 0.2) is 0 Å². The van der Waals surface area contributed by atoms with Crippen molar-refractivity contribution in [3.8, 4) is 0 Å². The number of oxime groups is 1. The smallest absolute Gasteiger partial charge is 0.318 e. The lowest BCUT2D eigenvalue weighted by Gasteiger charge is -2.02. The Labute approximate surface area is 117 Å². The molecule has 0 spiro atoms. The fourth-order valence-corrected chi connectivity index (χ4v) is 2.44. The van der Waals surface area contributed by atoms with Crippen LogP contribution in [0.2, 0.25) is 0 Å². The molecule has 0 aliphatic heterocycles. The van der Waals surface area contributed by atoms with Gasteiger partial charge in [-0.25, -0.2) is 4.79 Å². The van der Waals surface area contributed by atoms with E-state index in [2.05, 4.69) is 12.1 Å². The summed E-state index contributed by atoms with van der Waals surface area (Å²) >= 11 is 0. The van der Waals surface area contributed by atoms with E-state index in [9.17, 15) is 4.79 Å². The van der Waals surface area contributed by atoms with Gasteiger partial charge in [0.25, 0.3) is 0 Å². The first-order chi connectivity index (χ1) is 9.33. The van der Waals surface area contributed by atoms with Crippen LogP contribution in [-0.4, -0.2) is 11.7 Å². The zero-order valence-corrected chi connectivity index (χ0v) is 12.5. The fourth-order valence-electron chi connectivity index (χ4n) is 2.44. The maximum absolute atomic E-state index is 11.5. The van der Waals surface area contributed by atoms with Crippen LogP contribution in [0.15, 0.2) is 5.16 Å². The highest BCUT2D eigenvalue weighted by molar-refractivity contribution is 5.84. The highest BCUT2D eigenvalue weighted by Gasteiger charge is 2.08. The van der Waals surface area contributed by atoms with Crippen LogP contribution in [0, 0.1) is 0 Å². The molecule has 0 aromatic carbocycles. The molecule has 1 fully saturated rings. The van der Waals surface area contributed by atoms with Crippen LogP contribution in [0.3, 0.4) is 0 Å². The van der Waals surface area contributed by atoms with Crippen LogP contribution in [0.25, 0.3) is 0 Å². The first kappa shape index (κ1) is 16.2. The Morgan fingerprint density at radius 3 is 2.32 bits per heavy atom. The Bertz CT molecular complexity index is 264. The fraction of sp³-hybridized carbons (Fsp3) is 0.875. The summed E-state index contributed by atoms with van der Waals surface area (Å²) in [7, 11) is 0. The zero-order chi connectivity index (χ0) is 13.8. The SMILES string of the molecule is CCCCCCCCC(=O)ON=C1CCCCCC1. The van der Waals surface area contributed by atoms with E-state index in [1.165, 1.54) is 51.4 Å². The highest BCUT2D eigenvalue weighted by Crippen LogP contribution is 2.15. The van der Waals surface area contributed by atoms with Crippen LogP contribution in [0.5, 0.6) is 0 Å². The summed E-state index contributed by atoms with van der Waals surface area (Å²) < 4.78 is 0. The molecule has 0 unspecified atom stereocenters. The van der Waals surface area contributed by atoms with Crippen LogP contribution in [0.4, 0.5) is 0 Å². The monoisotopic (exact) mass is 267 g/mol. The normalized spacial score (nSPS) is 15.9. The van der Waals surface area contributed by atoms with Crippen molar-refractivity contribution in [1.29, 1.82) is 0 Å². The van der Waals surface area contributed by atoms with Crippen molar-refractivity contribution in [3.63, 3.8) is 0 Å². The van der Waals surface area contributed by atoms with Gasteiger partial charge in [-0.2, -0.15) is 0 Å². The summed E-state index contributed by atoms with van der Waals surface area (Å²) in [5.74, 6) is -0.160. The maximum atomic E-state index is 11.5. The van der Waals surface area contributed by atoms with Gasteiger partial charge in [0.05, 0.1) is 5.71 Å². The second kappa shape index (κ2) is 11.0. The Balaban J connectivity index is 2.05. The van der Waals surface area contributed by atoms with Crippen LogP contribution >= 0.6 is 0 Å². The second-order valence-corrected chi connectivity index (χ2v) is 5.55. The van der Waals surface area contributed by atoms with Crippen molar-refractivity contribution in [2.24, 2.45) is 5.16 Å². The van der Waals surface area contributed by atoms with Crippen molar-refractivity contribution in [1.82, 2.24) is 0 Å². The van der Waals surface area contributed by atoms with Crippen LogP contribution in [0.1, 0.15) is 90.4 Å². The predicted molar refractivity (Wildman–Crippen MR) is 79.2 cm³/mol. The third kappa shape index (κ3) is 8.79. The summed E-state index contributed by atoms with van der Waals surface area (Å²) in [6, 6.07) is 0. The topological polar surface area (TPSA) is 38.7 Å². The van der Waals surface area contributed by atoms with Crippen molar-refractivity contribution in [2.45, 2.75) is 90.4 Å². The molecular formula is C16H29NO2. The molecule has 1 aliphatic rings. The molecular weight excluding hydrogens is 238 g/mol. The number of hydrogen-bond donors (Lipinski definition) is 0. The zero-order valence-electron chi connectivity index (χ0n) is 12.5. The van der Waals surface area contributed by atoms with Crippen LogP contribution < -0.4 is 0 Å². The van der Waals surface area contributed by atoms with Crippen molar-refractivity contribution in [2.75, 3.05) is 0 Å². The molecule has 0 aromatic rings. The van der Waals surface area contributed by atoms with Gasteiger partial charge in [0.2, 0.25) is 0 Å². The van der Waals surface area contributed by atoms with E-state index in [0.29, 0.717) is 6.42 Å². The third-order valence-corrected chi connectivity index (χ3v) is 3.69. The molecule has 0 aromatic heterocycles. The molecule has 1 aliphatic carbocycles. The largest absolute Gasteiger partial charge is 0.335 e. The van der Waals surface area contributed by atoms with E-state index >= 15 is 0 Å².